The highest BCUT2D eigenvalue weighted by atomic mass is 19.1. The van der Waals surface area contributed by atoms with Gasteiger partial charge >= 0.3 is 11.8 Å². The Balaban J connectivity index is 1.35. The number of hydrogen-bond donors (Lipinski definition) is 1. The first-order valence-corrected chi connectivity index (χ1v) is 9.74. The Kier molecular flexibility index (Phi) is 5.75. The number of para-hydroxylation sites is 1. The van der Waals surface area contributed by atoms with Crippen molar-refractivity contribution in [2.45, 2.75) is 5.92 Å². The average Bonchev–Trinajstić information content (AvgIpc) is 3.09. The van der Waals surface area contributed by atoms with Gasteiger partial charge in [0.15, 0.2) is 0 Å². The maximum Gasteiger partial charge on any atom is 0.407 e. The number of rotatable bonds is 6. The fourth-order valence-electron chi connectivity index (χ4n) is 3.84. The molecule has 6 nitrogen and oxygen atoms in total. The first kappa shape index (κ1) is 20.3. The van der Waals surface area contributed by atoms with Crippen LogP contribution in [-0.2, 0) is 4.74 Å². The Morgan fingerprint density at radius 2 is 1.68 bits per heavy atom. The zero-order chi connectivity index (χ0) is 21.8. The molecule has 0 saturated heterocycles. The van der Waals surface area contributed by atoms with E-state index in [1.807, 2.05) is 36.4 Å². The zero-order valence-electron chi connectivity index (χ0n) is 16.5. The van der Waals surface area contributed by atoms with Crippen LogP contribution in [0.2, 0.25) is 0 Å². The second kappa shape index (κ2) is 8.79. The molecule has 1 aliphatic carbocycles. The summed E-state index contributed by atoms with van der Waals surface area (Å²) in [7, 11) is 0. The van der Waals surface area contributed by atoms with E-state index >= 15 is 0 Å². The lowest BCUT2D eigenvalue weighted by Gasteiger charge is -2.14. The standard InChI is InChI=1S/C24H19FN2O4/c25-22-13-5-7-16(23(22)27(29)30)8-6-14-26-24(28)31-15-21-19-11-3-1-9-17(19)18-10-2-4-12-20(18)21/h1-13,21H,14-15H2,(H,26,28). The summed E-state index contributed by atoms with van der Waals surface area (Å²) in [5.74, 6) is -0.944. The van der Waals surface area contributed by atoms with Crippen molar-refractivity contribution in [3.8, 4) is 11.1 Å². The van der Waals surface area contributed by atoms with Crippen molar-refractivity contribution in [2.24, 2.45) is 0 Å². The number of nitro groups is 1. The number of ether oxygens (including phenoxy) is 1. The minimum Gasteiger partial charge on any atom is -0.449 e. The first-order chi connectivity index (χ1) is 15.1. The van der Waals surface area contributed by atoms with Crippen LogP contribution in [-0.4, -0.2) is 24.2 Å². The Morgan fingerprint density at radius 3 is 2.32 bits per heavy atom. The molecule has 31 heavy (non-hydrogen) atoms. The monoisotopic (exact) mass is 418 g/mol. The third-order valence-electron chi connectivity index (χ3n) is 5.21. The van der Waals surface area contributed by atoms with Crippen molar-refractivity contribution in [3.05, 3.63) is 105 Å². The number of nitro benzene ring substituents is 1. The van der Waals surface area contributed by atoms with Crippen molar-refractivity contribution >= 4 is 17.9 Å². The Bertz CT molecular complexity index is 1130. The predicted molar refractivity (Wildman–Crippen MR) is 115 cm³/mol. The van der Waals surface area contributed by atoms with Gasteiger partial charge in [0.1, 0.15) is 6.61 Å². The van der Waals surface area contributed by atoms with Gasteiger partial charge in [-0.05, 0) is 34.4 Å². The van der Waals surface area contributed by atoms with Gasteiger partial charge in [-0.2, -0.15) is 4.39 Å². The molecule has 1 amide bonds. The van der Waals surface area contributed by atoms with Crippen molar-refractivity contribution < 1.29 is 18.8 Å². The van der Waals surface area contributed by atoms with E-state index in [1.165, 1.54) is 24.3 Å². The molecule has 156 valence electrons. The molecule has 1 aliphatic rings. The quantitative estimate of drug-likeness (QED) is 0.436. The summed E-state index contributed by atoms with van der Waals surface area (Å²) in [5.41, 5.74) is 4.06. The van der Waals surface area contributed by atoms with Crippen LogP contribution in [0.3, 0.4) is 0 Å². The van der Waals surface area contributed by atoms with Gasteiger partial charge in [-0.15, -0.1) is 0 Å². The summed E-state index contributed by atoms with van der Waals surface area (Å²) in [6, 6.07) is 20.0. The Morgan fingerprint density at radius 1 is 1.03 bits per heavy atom. The third kappa shape index (κ3) is 4.16. The summed E-state index contributed by atoms with van der Waals surface area (Å²) in [5, 5.41) is 13.6. The summed E-state index contributed by atoms with van der Waals surface area (Å²) in [4.78, 5) is 22.4. The highest BCUT2D eigenvalue weighted by Gasteiger charge is 2.28. The molecule has 4 rings (SSSR count). The predicted octanol–water partition coefficient (Wildman–Crippen LogP) is 5.29. The number of alkyl carbamates (subject to hydrolysis) is 1. The highest BCUT2D eigenvalue weighted by Crippen LogP contribution is 2.44. The summed E-state index contributed by atoms with van der Waals surface area (Å²) < 4.78 is 19.1. The lowest BCUT2D eigenvalue weighted by atomic mass is 9.98. The molecule has 0 heterocycles. The molecular weight excluding hydrogens is 399 g/mol. The van der Waals surface area contributed by atoms with Gasteiger partial charge in [-0.3, -0.25) is 10.1 Å². The average molecular weight is 418 g/mol. The minimum atomic E-state index is -0.906. The number of carbonyl (C=O) groups is 1. The summed E-state index contributed by atoms with van der Waals surface area (Å²) in [6.07, 6.45) is 2.30. The largest absolute Gasteiger partial charge is 0.449 e. The van der Waals surface area contributed by atoms with Crippen molar-refractivity contribution in [1.29, 1.82) is 0 Å². The molecule has 0 bridgehead atoms. The molecule has 0 aliphatic heterocycles. The maximum absolute atomic E-state index is 13.6. The van der Waals surface area contributed by atoms with Crippen molar-refractivity contribution in [2.75, 3.05) is 13.2 Å². The number of fused-ring (bicyclic) bond motifs is 3. The third-order valence-corrected chi connectivity index (χ3v) is 5.21. The normalized spacial score (nSPS) is 12.4. The van der Waals surface area contributed by atoms with Gasteiger partial charge in [-0.1, -0.05) is 66.7 Å². The number of benzene rings is 3. The van der Waals surface area contributed by atoms with E-state index < -0.39 is 22.5 Å². The number of halogens is 1. The smallest absolute Gasteiger partial charge is 0.407 e. The number of carbonyl (C=O) groups excluding carboxylic acids is 1. The molecule has 3 aromatic rings. The number of amides is 1. The molecule has 7 heteroatoms. The summed E-state index contributed by atoms with van der Waals surface area (Å²) in [6.45, 7) is 0.281. The van der Waals surface area contributed by atoms with Gasteiger partial charge in [0.05, 0.1) is 10.5 Å². The summed E-state index contributed by atoms with van der Waals surface area (Å²) >= 11 is 0. The molecule has 1 N–H and O–H groups in total. The van der Waals surface area contributed by atoms with Gasteiger partial charge in [0.2, 0.25) is 5.82 Å². The lowest BCUT2D eigenvalue weighted by Crippen LogP contribution is -2.26. The van der Waals surface area contributed by atoms with Crippen molar-refractivity contribution in [1.82, 2.24) is 5.32 Å². The molecule has 0 aromatic heterocycles. The van der Waals surface area contributed by atoms with E-state index in [0.29, 0.717) is 0 Å². The van der Waals surface area contributed by atoms with Crippen LogP contribution in [0.15, 0.2) is 72.8 Å². The number of nitrogens with one attached hydrogen (secondary N) is 1. The second-order valence-corrected chi connectivity index (χ2v) is 7.04. The molecule has 0 spiro atoms. The maximum atomic E-state index is 13.6. The van der Waals surface area contributed by atoms with Crippen LogP contribution in [0.25, 0.3) is 17.2 Å². The lowest BCUT2D eigenvalue weighted by molar-refractivity contribution is -0.387. The molecule has 0 unspecified atom stereocenters. The molecule has 3 aromatic carbocycles. The van der Waals surface area contributed by atoms with E-state index in [1.54, 1.807) is 0 Å². The number of nitrogens with zero attached hydrogens (tertiary/aromatic N) is 1. The topological polar surface area (TPSA) is 81.5 Å². The molecule has 0 fully saturated rings. The van der Waals surface area contributed by atoms with Crippen LogP contribution in [0, 0.1) is 15.9 Å². The van der Waals surface area contributed by atoms with Crippen molar-refractivity contribution in [3.63, 3.8) is 0 Å². The highest BCUT2D eigenvalue weighted by molar-refractivity contribution is 5.79. The minimum absolute atomic E-state index is 0.0383. The SMILES string of the molecule is O=C(NCC=Cc1cccc(F)c1[N+](=O)[O-])OCC1c2ccccc2-c2ccccc21. The second-order valence-electron chi connectivity index (χ2n) is 7.04. The van der Waals surface area contributed by atoms with E-state index in [2.05, 4.69) is 17.4 Å². The Hall–Kier alpha value is -4.00. The molecule has 0 radical (unpaired) electrons. The molecular formula is C24H19FN2O4. The van der Waals surface area contributed by atoms with Gasteiger partial charge in [0.25, 0.3) is 0 Å². The van der Waals surface area contributed by atoms with Crippen LogP contribution in [0.5, 0.6) is 0 Å². The van der Waals surface area contributed by atoms with E-state index in [0.717, 1.165) is 28.3 Å². The number of hydrogen-bond acceptors (Lipinski definition) is 4. The van der Waals surface area contributed by atoms with Gasteiger partial charge < -0.3 is 10.1 Å². The van der Waals surface area contributed by atoms with Crippen LogP contribution in [0.4, 0.5) is 14.9 Å². The van der Waals surface area contributed by atoms with Crippen LogP contribution in [0.1, 0.15) is 22.6 Å². The van der Waals surface area contributed by atoms with Crippen LogP contribution < -0.4 is 5.32 Å². The van der Waals surface area contributed by atoms with E-state index in [4.69, 9.17) is 4.74 Å². The molecule has 0 saturated carbocycles. The van der Waals surface area contributed by atoms with Crippen LogP contribution >= 0.6 is 0 Å². The zero-order valence-corrected chi connectivity index (χ0v) is 16.5. The van der Waals surface area contributed by atoms with E-state index in [-0.39, 0.29) is 24.6 Å². The van der Waals surface area contributed by atoms with Gasteiger partial charge in [-0.25, -0.2) is 4.79 Å². The fourth-order valence-corrected chi connectivity index (χ4v) is 3.84. The fraction of sp³-hybridized carbons (Fsp3) is 0.125. The first-order valence-electron chi connectivity index (χ1n) is 9.74. The Labute approximate surface area is 178 Å². The molecule has 0 atom stereocenters. The van der Waals surface area contributed by atoms with E-state index in [9.17, 15) is 19.3 Å². The van der Waals surface area contributed by atoms with Gasteiger partial charge in [0, 0.05) is 12.5 Å².